The second-order valence-corrected chi connectivity index (χ2v) is 6.46. The summed E-state index contributed by atoms with van der Waals surface area (Å²) in [5, 5.41) is 0. The second-order valence-electron chi connectivity index (χ2n) is 5.67. The van der Waals surface area contributed by atoms with Crippen LogP contribution in [-0.2, 0) is 4.74 Å². The van der Waals surface area contributed by atoms with Crippen LogP contribution in [0.3, 0.4) is 0 Å². The summed E-state index contributed by atoms with van der Waals surface area (Å²) in [5.74, 6) is 2.77. The van der Waals surface area contributed by atoms with Gasteiger partial charge in [-0.05, 0) is 21.8 Å². The lowest BCUT2D eigenvalue weighted by molar-refractivity contribution is 0.161. The van der Waals surface area contributed by atoms with Gasteiger partial charge < -0.3 is 29.4 Å². The van der Waals surface area contributed by atoms with E-state index in [-0.39, 0.29) is 12.8 Å². The van der Waals surface area contributed by atoms with Crippen LogP contribution in [-0.4, -0.2) is 39.8 Å². The summed E-state index contributed by atoms with van der Waals surface area (Å²) < 4.78 is 28.4. The first-order chi connectivity index (χ1) is 11.0. The van der Waals surface area contributed by atoms with Crippen molar-refractivity contribution in [2.24, 2.45) is 11.7 Å². The Balaban J connectivity index is 2.12. The molecule has 0 radical (unpaired) electrons. The Morgan fingerprint density at radius 1 is 1.17 bits per heavy atom. The standard InChI is InChI=1S/C16H24BrNO5/c1-10(2)11(18)8-21-12-7-13(20-6-4-5-19-3)15-16(14(12)17)23-9-22-15/h7,10-11H,4-6,8-9,18H2,1-3H3/t11-/m0/s1. The molecule has 1 aromatic carbocycles. The Kier molecular flexibility index (Phi) is 6.80. The van der Waals surface area contributed by atoms with Gasteiger partial charge in [-0.1, -0.05) is 13.8 Å². The fraction of sp³-hybridized carbons (Fsp3) is 0.625. The molecule has 1 aromatic rings. The average Bonchev–Trinajstić information content (AvgIpc) is 3.02. The lowest BCUT2D eigenvalue weighted by Crippen LogP contribution is -2.33. The average molecular weight is 390 g/mol. The first kappa shape index (κ1) is 18.2. The van der Waals surface area contributed by atoms with Crippen LogP contribution in [0.5, 0.6) is 23.0 Å². The molecule has 0 fully saturated rings. The summed E-state index contributed by atoms with van der Waals surface area (Å²) in [6.07, 6.45) is 0.788. The lowest BCUT2D eigenvalue weighted by atomic mass is 10.1. The van der Waals surface area contributed by atoms with Crippen molar-refractivity contribution in [3.8, 4) is 23.0 Å². The molecule has 1 aliphatic rings. The Morgan fingerprint density at radius 3 is 2.61 bits per heavy atom. The van der Waals surface area contributed by atoms with Gasteiger partial charge in [-0.3, -0.25) is 0 Å². The largest absolute Gasteiger partial charge is 0.490 e. The van der Waals surface area contributed by atoms with Crippen molar-refractivity contribution >= 4 is 15.9 Å². The topological polar surface area (TPSA) is 72.2 Å². The van der Waals surface area contributed by atoms with Crippen LogP contribution in [0.4, 0.5) is 0 Å². The van der Waals surface area contributed by atoms with Crippen LogP contribution in [0.2, 0.25) is 0 Å². The van der Waals surface area contributed by atoms with E-state index in [0.29, 0.717) is 53.2 Å². The zero-order valence-electron chi connectivity index (χ0n) is 13.8. The monoisotopic (exact) mass is 389 g/mol. The van der Waals surface area contributed by atoms with E-state index < -0.39 is 0 Å². The van der Waals surface area contributed by atoms with Crippen molar-refractivity contribution < 1.29 is 23.7 Å². The summed E-state index contributed by atoms with van der Waals surface area (Å²) in [6, 6.07) is 1.76. The number of fused-ring (bicyclic) bond motifs is 1. The SMILES string of the molecule is COCCCOc1cc(OC[C@H](N)C(C)C)c(Br)c2c1OCO2. The third-order valence-corrected chi connectivity index (χ3v) is 4.30. The number of hydrogen-bond donors (Lipinski definition) is 1. The molecule has 130 valence electrons. The van der Waals surface area contributed by atoms with Crippen LogP contribution in [0.1, 0.15) is 20.3 Å². The molecule has 0 bridgehead atoms. The van der Waals surface area contributed by atoms with Gasteiger partial charge in [0.25, 0.3) is 0 Å². The predicted octanol–water partition coefficient (Wildman–Crippen LogP) is 2.96. The smallest absolute Gasteiger partial charge is 0.231 e. The highest BCUT2D eigenvalue weighted by Gasteiger charge is 2.26. The van der Waals surface area contributed by atoms with Crippen LogP contribution < -0.4 is 24.7 Å². The van der Waals surface area contributed by atoms with E-state index in [1.165, 1.54) is 0 Å². The maximum atomic E-state index is 6.04. The van der Waals surface area contributed by atoms with Crippen molar-refractivity contribution in [2.75, 3.05) is 33.7 Å². The Morgan fingerprint density at radius 2 is 1.91 bits per heavy atom. The fourth-order valence-corrected chi connectivity index (χ4v) is 2.48. The van der Waals surface area contributed by atoms with E-state index in [4.69, 9.17) is 29.4 Å². The maximum absolute atomic E-state index is 6.04. The van der Waals surface area contributed by atoms with Gasteiger partial charge in [0, 0.05) is 32.2 Å². The van der Waals surface area contributed by atoms with E-state index in [1.54, 1.807) is 13.2 Å². The highest BCUT2D eigenvalue weighted by Crippen LogP contribution is 2.50. The molecule has 6 nitrogen and oxygen atoms in total. The Hall–Kier alpha value is -1.18. The quantitative estimate of drug-likeness (QED) is 0.654. The minimum Gasteiger partial charge on any atom is -0.490 e. The van der Waals surface area contributed by atoms with Gasteiger partial charge in [-0.25, -0.2) is 0 Å². The Labute approximate surface area is 145 Å². The molecule has 1 atom stereocenters. The molecule has 1 aliphatic heterocycles. The molecule has 2 N–H and O–H groups in total. The van der Waals surface area contributed by atoms with Crippen molar-refractivity contribution in [1.82, 2.24) is 0 Å². The van der Waals surface area contributed by atoms with Crippen molar-refractivity contribution in [3.05, 3.63) is 10.5 Å². The van der Waals surface area contributed by atoms with Crippen molar-refractivity contribution in [3.63, 3.8) is 0 Å². The van der Waals surface area contributed by atoms with Gasteiger partial charge in [-0.2, -0.15) is 0 Å². The Bertz CT molecular complexity index is 524. The van der Waals surface area contributed by atoms with Gasteiger partial charge in [-0.15, -0.1) is 0 Å². The van der Waals surface area contributed by atoms with E-state index >= 15 is 0 Å². The third kappa shape index (κ3) is 4.65. The summed E-state index contributed by atoms with van der Waals surface area (Å²) >= 11 is 3.50. The normalized spacial score (nSPS) is 14.2. The zero-order chi connectivity index (χ0) is 16.8. The number of benzene rings is 1. The molecule has 7 heteroatoms. The van der Waals surface area contributed by atoms with Crippen molar-refractivity contribution in [2.45, 2.75) is 26.3 Å². The van der Waals surface area contributed by atoms with Gasteiger partial charge in [0.05, 0.1) is 6.61 Å². The van der Waals surface area contributed by atoms with Crippen LogP contribution in [0, 0.1) is 5.92 Å². The number of methoxy groups -OCH3 is 1. The minimum absolute atomic E-state index is 0.0432. The molecule has 0 saturated heterocycles. The highest BCUT2D eigenvalue weighted by atomic mass is 79.9. The zero-order valence-corrected chi connectivity index (χ0v) is 15.4. The van der Waals surface area contributed by atoms with Gasteiger partial charge in [0.2, 0.25) is 12.5 Å². The molecule has 0 saturated carbocycles. The second kappa shape index (κ2) is 8.61. The molecular formula is C16H24BrNO5. The summed E-state index contributed by atoms with van der Waals surface area (Å²) in [7, 11) is 1.66. The fourth-order valence-electron chi connectivity index (χ4n) is 1.96. The predicted molar refractivity (Wildman–Crippen MR) is 90.6 cm³/mol. The third-order valence-electron chi connectivity index (χ3n) is 3.55. The van der Waals surface area contributed by atoms with Gasteiger partial charge in [0.1, 0.15) is 16.8 Å². The van der Waals surface area contributed by atoms with Gasteiger partial charge >= 0.3 is 0 Å². The molecule has 23 heavy (non-hydrogen) atoms. The summed E-state index contributed by atoms with van der Waals surface area (Å²) in [6.45, 7) is 5.87. The first-order valence-electron chi connectivity index (χ1n) is 7.66. The number of hydrogen-bond acceptors (Lipinski definition) is 6. The minimum atomic E-state index is -0.0432. The van der Waals surface area contributed by atoms with Crippen LogP contribution in [0.15, 0.2) is 10.5 Å². The molecule has 2 rings (SSSR count). The molecule has 1 heterocycles. The number of halogens is 1. The van der Waals surface area contributed by atoms with Crippen LogP contribution in [0.25, 0.3) is 0 Å². The molecular weight excluding hydrogens is 366 g/mol. The van der Waals surface area contributed by atoms with E-state index in [0.717, 1.165) is 6.42 Å². The number of rotatable bonds is 9. The highest BCUT2D eigenvalue weighted by molar-refractivity contribution is 9.10. The first-order valence-corrected chi connectivity index (χ1v) is 8.46. The molecule has 0 unspecified atom stereocenters. The maximum Gasteiger partial charge on any atom is 0.231 e. The summed E-state index contributed by atoms with van der Waals surface area (Å²) in [5.41, 5.74) is 6.04. The number of ether oxygens (including phenoxy) is 5. The van der Waals surface area contributed by atoms with Crippen molar-refractivity contribution in [1.29, 1.82) is 0 Å². The molecule has 0 aromatic heterocycles. The van der Waals surface area contributed by atoms with Gasteiger partial charge in [0.15, 0.2) is 11.5 Å². The lowest BCUT2D eigenvalue weighted by Gasteiger charge is -2.18. The van der Waals surface area contributed by atoms with E-state index in [1.807, 2.05) is 0 Å². The van der Waals surface area contributed by atoms with E-state index in [9.17, 15) is 0 Å². The molecule has 0 spiro atoms. The molecule has 0 amide bonds. The number of nitrogens with two attached hydrogens (primary N) is 1. The van der Waals surface area contributed by atoms with E-state index in [2.05, 4.69) is 29.8 Å². The molecule has 0 aliphatic carbocycles. The van der Waals surface area contributed by atoms with Crippen LogP contribution >= 0.6 is 15.9 Å². The summed E-state index contributed by atoms with van der Waals surface area (Å²) in [4.78, 5) is 0.